The fourth-order valence-electron chi connectivity index (χ4n) is 6.54. The lowest BCUT2D eigenvalue weighted by Crippen LogP contribution is -2.61. The van der Waals surface area contributed by atoms with Crippen LogP contribution < -0.4 is 24.6 Å². The zero-order chi connectivity index (χ0) is 31.0. The Labute approximate surface area is 264 Å². The number of hydrogen-bond donors (Lipinski definition) is 1. The number of piperazine rings is 1. The molecule has 0 radical (unpaired) electrons. The second kappa shape index (κ2) is 13.0. The zero-order valence-electron chi connectivity index (χ0n) is 24.8. The van der Waals surface area contributed by atoms with Crippen LogP contribution in [0.15, 0.2) is 60.8 Å². The maximum Gasteiger partial charge on any atom is 0.573 e. The van der Waals surface area contributed by atoms with E-state index in [1.54, 1.807) is 55.1 Å². The SMILES string of the molecule is COc1ccn2nc(C)c(C(=O)NCc3ccc(N4CCN(c5ccc(OC(F)(F)F)cc5)[C@H]5CCCC[C@@H]54)c(F)c3)c2c1.Cl. The molecule has 1 amide bonds. The lowest BCUT2D eigenvalue weighted by Gasteiger charge is -2.52. The number of pyridine rings is 1. The van der Waals surface area contributed by atoms with E-state index in [1.807, 2.05) is 6.07 Å². The van der Waals surface area contributed by atoms with Crippen LogP contribution in [0.2, 0.25) is 0 Å². The first kappa shape index (κ1) is 32.2. The zero-order valence-corrected chi connectivity index (χ0v) is 25.6. The molecule has 2 aliphatic rings. The minimum atomic E-state index is -4.74. The number of carbonyl (C=O) groups excluding carboxylic acids is 1. The van der Waals surface area contributed by atoms with E-state index in [2.05, 4.69) is 25.0 Å². The minimum Gasteiger partial charge on any atom is -0.497 e. The van der Waals surface area contributed by atoms with Gasteiger partial charge >= 0.3 is 6.36 Å². The highest BCUT2D eigenvalue weighted by Crippen LogP contribution is 2.38. The van der Waals surface area contributed by atoms with E-state index in [1.165, 1.54) is 18.2 Å². The van der Waals surface area contributed by atoms with Crippen LogP contribution in [0.4, 0.5) is 28.9 Å². The van der Waals surface area contributed by atoms with Crippen molar-refractivity contribution in [2.45, 2.75) is 57.6 Å². The van der Waals surface area contributed by atoms with Crippen LogP contribution in [0.25, 0.3) is 5.52 Å². The molecule has 4 aromatic rings. The monoisotopic (exact) mass is 647 g/mol. The molecule has 45 heavy (non-hydrogen) atoms. The van der Waals surface area contributed by atoms with E-state index < -0.39 is 6.36 Å². The Balaban J connectivity index is 0.00000400. The number of methoxy groups -OCH3 is 1. The number of carbonyl (C=O) groups is 1. The summed E-state index contributed by atoms with van der Waals surface area (Å²) >= 11 is 0. The molecule has 1 aliphatic heterocycles. The van der Waals surface area contributed by atoms with E-state index in [4.69, 9.17) is 4.74 Å². The van der Waals surface area contributed by atoms with Gasteiger partial charge in [0.05, 0.1) is 29.6 Å². The summed E-state index contributed by atoms with van der Waals surface area (Å²) in [6, 6.07) is 14.7. The van der Waals surface area contributed by atoms with Gasteiger partial charge in [-0.1, -0.05) is 18.9 Å². The summed E-state index contributed by atoms with van der Waals surface area (Å²) in [6.45, 7) is 3.07. The number of rotatable bonds is 7. The van der Waals surface area contributed by atoms with Gasteiger partial charge in [0, 0.05) is 49.7 Å². The second-order valence-corrected chi connectivity index (χ2v) is 11.2. The van der Waals surface area contributed by atoms with Crippen LogP contribution >= 0.6 is 12.4 Å². The third kappa shape index (κ3) is 6.75. The lowest BCUT2D eigenvalue weighted by atomic mass is 9.85. The molecule has 2 fully saturated rings. The van der Waals surface area contributed by atoms with Crippen LogP contribution in [0.1, 0.15) is 47.3 Å². The normalized spacial score (nSPS) is 18.3. The first-order valence-corrected chi connectivity index (χ1v) is 14.6. The van der Waals surface area contributed by atoms with E-state index in [0.717, 1.165) is 31.4 Å². The van der Waals surface area contributed by atoms with E-state index in [-0.39, 0.29) is 48.5 Å². The highest BCUT2D eigenvalue weighted by molar-refractivity contribution is 6.02. The smallest absolute Gasteiger partial charge is 0.497 e. The second-order valence-electron chi connectivity index (χ2n) is 11.2. The molecular weight excluding hydrogens is 614 g/mol. The van der Waals surface area contributed by atoms with Crippen LogP contribution in [0, 0.1) is 12.7 Å². The van der Waals surface area contributed by atoms with Gasteiger partial charge in [0.15, 0.2) is 0 Å². The largest absolute Gasteiger partial charge is 0.573 e. The summed E-state index contributed by atoms with van der Waals surface area (Å²) in [5, 5.41) is 7.29. The third-order valence-electron chi connectivity index (χ3n) is 8.50. The van der Waals surface area contributed by atoms with E-state index in [0.29, 0.717) is 46.9 Å². The van der Waals surface area contributed by atoms with E-state index in [9.17, 15) is 18.0 Å². The van der Waals surface area contributed by atoms with Gasteiger partial charge in [-0.3, -0.25) is 4.79 Å². The average Bonchev–Trinajstić information content (AvgIpc) is 3.34. The van der Waals surface area contributed by atoms with E-state index >= 15 is 4.39 Å². The Morgan fingerprint density at radius 3 is 2.33 bits per heavy atom. The maximum atomic E-state index is 15.6. The minimum absolute atomic E-state index is 0. The van der Waals surface area contributed by atoms with Crippen LogP contribution in [-0.4, -0.2) is 54.2 Å². The summed E-state index contributed by atoms with van der Waals surface area (Å²) in [5.74, 6) is -0.319. The number of aromatic nitrogens is 2. The van der Waals surface area contributed by atoms with Crippen molar-refractivity contribution in [2.24, 2.45) is 0 Å². The Kier molecular flexibility index (Phi) is 9.33. The molecule has 13 heteroatoms. The third-order valence-corrected chi connectivity index (χ3v) is 8.50. The highest BCUT2D eigenvalue weighted by Gasteiger charge is 2.39. The summed E-state index contributed by atoms with van der Waals surface area (Å²) in [6.07, 6.45) is 0.826. The summed E-state index contributed by atoms with van der Waals surface area (Å²) in [5.41, 5.74) is 3.59. The van der Waals surface area contributed by atoms with Gasteiger partial charge in [-0.2, -0.15) is 5.10 Å². The number of aryl methyl sites for hydroxylation is 1. The van der Waals surface area contributed by atoms with Crippen molar-refractivity contribution < 1.29 is 31.8 Å². The van der Waals surface area contributed by atoms with Crippen molar-refractivity contribution in [2.75, 3.05) is 30.0 Å². The number of nitrogens with one attached hydrogen (secondary N) is 1. The molecular formula is C32H34ClF4N5O3. The van der Waals surface area contributed by atoms with Gasteiger partial charge in [-0.15, -0.1) is 25.6 Å². The Bertz CT molecular complexity index is 1660. The predicted octanol–water partition coefficient (Wildman–Crippen LogP) is 6.68. The molecule has 0 bridgehead atoms. The Morgan fingerprint density at radius 2 is 1.67 bits per heavy atom. The molecule has 2 aromatic heterocycles. The molecule has 6 rings (SSSR count). The molecule has 8 nitrogen and oxygen atoms in total. The van der Waals surface area contributed by atoms with Gasteiger partial charge in [-0.25, -0.2) is 8.91 Å². The summed E-state index contributed by atoms with van der Waals surface area (Å²) in [4.78, 5) is 17.5. The fraction of sp³-hybridized carbons (Fsp3) is 0.375. The number of ether oxygens (including phenoxy) is 2. The summed E-state index contributed by atoms with van der Waals surface area (Å²) < 4.78 is 64.4. The molecule has 240 valence electrons. The van der Waals surface area contributed by atoms with Gasteiger partial charge in [-0.05, 0) is 67.8 Å². The Hall–Kier alpha value is -4.19. The predicted molar refractivity (Wildman–Crippen MR) is 165 cm³/mol. The van der Waals surface area contributed by atoms with Gasteiger partial charge in [0.25, 0.3) is 5.91 Å². The molecule has 2 aromatic carbocycles. The van der Waals surface area contributed by atoms with Crippen LogP contribution in [0.3, 0.4) is 0 Å². The molecule has 1 aliphatic carbocycles. The number of alkyl halides is 3. The molecule has 1 N–H and O–H groups in total. The lowest BCUT2D eigenvalue weighted by molar-refractivity contribution is -0.274. The molecule has 0 unspecified atom stereocenters. The number of anilines is 2. The van der Waals surface area contributed by atoms with Crippen LogP contribution in [-0.2, 0) is 6.54 Å². The van der Waals surface area contributed by atoms with Crippen molar-refractivity contribution in [1.82, 2.24) is 14.9 Å². The van der Waals surface area contributed by atoms with Crippen molar-refractivity contribution in [3.05, 3.63) is 83.4 Å². The van der Waals surface area contributed by atoms with Crippen LogP contribution in [0.5, 0.6) is 11.5 Å². The van der Waals surface area contributed by atoms with Gasteiger partial charge < -0.3 is 24.6 Å². The molecule has 0 spiro atoms. The van der Waals surface area contributed by atoms with Crippen molar-refractivity contribution in [1.29, 1.82) is 0 Å². The topological polar surface area (TPSA) is 71.3 Å². The molecule has 3 heterocycles. The average molecular weight is 648 g/mol. The number of amides is 1. The maximum absolute atomic E-state index is 15.6. The van der Waals surface area contributed by atoms with Crippen molar-refractivity contribution in [3.8, 4) is 11.5 Å². The number of nitrogens with zero attached hydrogens (tertiary/aromatic N) is 4. The molecule has 1 saturated heterocycles. The number of hydrogen-bond acceptors (Lipinski definition) is 6. The van der Waals surface area contributed by atoms with Crippen molar-refractivity contribution >= 4 is 35.2 Å². The molecule has 1 saturated carbocycles. The standard InChI is InChI=1S/C32H33F4N5O3.ClH/c1-20-30(29-18-24(43-2)13-14-41(29)38-20)31(42)37-19-21-7-12-26(25(33)17-21)40-16-15-39(27-5-3-4-6-28(27)40)22-8-10-23(11-9-22)44-32(34,35)36;/h7-14,17-18,27-28H,3-6,15-16,19H2,1-2H3,(H,37,42);1H/t27-,28-;/m0./s1. The first-order valence-electron chi connectivity index (χ1n) is 14.6. The quantitative estimate of drug-likeness (QED) is 0.226. The number of benzene rings is 2. The number of halogens is 5. The molecule has 2 atom stereocenters. The number of fused-ring (bicyclic) bond motifs is 2. The Morgan fingerprint density at radius 1 is 0.978 bits per heavy atom. The van der Waals surface area contributed by atoms with Gasteiger partial charge in [0.2, 0.25) is 0 Å². The van der Waals surface area contributed by atoms with Gasteiger partial charge in [0.1, 0.15) is 17.3 Å². The summed E-state index contributed by atoms with van der Waals surface area (Å²) in [7, 11) is 1.56. The highest BCUT2D eigenvalue weighted by atomic mass is 35.5. The van der Waals surface area contributed by atoms with Crippen molar-refractivity contribution in [3.63, 3.8) is 0 Å². The fourth-order valence-corrected chi connectivity index (χ4v) is 6.54. The first-order chi connectivity index (χ1) is 21.1.